The molecule has 0 aliphatic carbocycles. The van der Waals surface area contributed by atoms with Crippen LogP contribution in [-0.2, 0) is 11.8 Å². The highest BCUT2D eigenvalue weighted by Crippen LogP contribution is 2.19. The molecule has 0 saturated carbocycles. The van der Waals surface area contributed by atoms with Crippen LogP contribution in [-0.4, -0.2) is 33.8 Å². The molecule has 0 aromatic carbocycles. The Morgan fingerprint density at radius 2 is 2.37 bits per heavy atom. The fourth-order valence-electron chi connectivity index (χ4n) is 2.58. The molecule has 0 amide bonds. The van der Waals surface area contributed by atoms with Gasteiger partial charge in [-0.3, -0.25) is 0 Å². The number of aryl methyl sites for hydroxylation is 1. The zero-order chi connectivity index (χ0) is 13.1. The van der Waals surface area contributed by atoms with Crippen molar-refractivity contribution in [2.75, 3.05) is 18.5 Å². The summed E-state index contributed by atoms with van der Waals surface area (Å²) in [6.45, 7) is 1.80. The summed E-state index contributed by atoms with van der Waals surface area (Å²) >= 11 is 0. The van der Waals surface area contributed by atoms with Gasteiger partial charge in [-0.15, -0.1) is 0 Å². The van der Waals surface area contributed by atoms with Crippen LogP contribution >= 0.6 is 0 Å². The molecule has 2 aromatic rings. The van der Waals surface area contributed by atoms with Gasteiger partial charge in [0.2, 0.25) is 0 Å². The molecule has 3 heterocycles. The molecule has 3 rings (SSSR count). The second-order valence-corrected chi connectivity index (χ2v) is 5.09. The van der Waals surface area contributed by atoms with Crippen LogP contribution in [0.3, 0.4) is 0 Å². The van der Waals surface area contributed by atoms with E-state index in [0.29, 0.717) is 6.10 Å². The second-order valence-electron chi connectivity index (χ2n) is 5.09. The lowest BCUT2D eigenvalue weighted by Gasteiger charge is -2.22. The second kappa shape index (κ2) is 5.57. The van der Waals surface area contributed by atoms with Crippen LogP contribution in [0.1, 0.15) is 25.7 Å². The number of ether oxygens (including phenoxy) is 1. The Bertz CT molecular complexity index is 545. The number of rotatable bonds is 4. The molecular formula is C14H20N4O. The number of hydrogen-bond donors (Lipinski definition) is 1. The Hall–Kier alpha value is -1.62. The molecule has 1 unspecified atom stereocenters. The lowest BCUT2D eigenvalue weighted by Crippen LogP contribution is -2.22. The lowest BCUT2D eigenvalue weighted by atomic mass is 10.1. The number of imidazole rings is 1. The molecular weight excluding hydrogens is 240 g/mol. The Kier molecular flexibility index (Phi) is 3.64. The van der Waals surface area contributed by atoms with E-state index in [1.54, 1.807) is 0 Å². The van der Waals surface area contributed by atoms with Gasteiger partial charge in [0.1, 0.15) is 5.52 Å². The number of pyridine rings is 1. The molecule has 1 N–H and O–H groups in total. The Balaban J connectivity index is 1.62. The van der Waals surface area contributed by atoms with E-state index in [9.17, 15) is 0 Å². The SMILES string of the molecule is Cn1cnc2c(NCCC3CCCCO3)nccc21. The summed E-state index contributed by atoms with van der Waals surface area (Å²) in [5, 5.41) is 3.38. The maximum Gasteiger partial charge on any atom is 0.154 e. The predicted octanol–water partition coefficient (Wildman–Crippen LogP) is 2.34. The summed E-state index contributed by atoms with van der Waals surface area (Å²) in [5.41, 5.74) is 2.04. The lowest BCUT2D eigenvalue weighted by molar-refractivity contribution is 0.0134. The normalized spacial score (nSPS) is 19.7. The van der Waals surface area contributed by atoms with Crippen LogP contribution in [0, 0.1) is 0 Å². The number of hydrogen-bond acceptors (Lipinski definition) is 4. The first kappa shape index (κ1) is 12.4. The van der Waals surface area contributed by atoms with Gasteiger partial charge in [-0.05, 0) is 31.7 Å². The fraction of sp³-hybridized carbons (Fsp3) is 0.571. The third kappa shape index (κ3) is 2.71. The third-order valence-electron chi connectivity index (χ3n) is 3.68. The van der Waals surface area contributed by atoms with Crippen molar-refractivity contribution in [3.05, 3.63) is 18.6 Å². The highest BCUT2D eigenvalue weighted by Gasteiger charge is 2.13. The highest BCUT2D eigenvalue weighted by atomic mass is 16.5. The zero-order valence-electron chi connectivity index (χ0n) is 11.3. The Labute approximate surface area is 113 Å². The van der Waals surface area contributed by atoms with E-state index < -0.39 is 0 Å². The molecule has 0 spiro atoms. The maximum atomic E-state index is 5.73. The average Bonchev–Trinajstić information content (AvgIpc) is 2.83. The number of fused-ring (bicyclic) bond motifs is 1. The summed E-state index contributed by atoms with van der Waals surface area (Å²) in [4.78, 5) is 8.77. The average molecular weight is 260 g/mol. The van der Waals surface area contributed by atoms with Crippen molar-refractivity contribution in [3.8, 4) is 0 Å². The van der Waals surface area contributed by atoms with Gasteiger partial charge in [0, 0.05) is 26.4 Å². The minimum absolute atomic E-state index is 0.407. The molecule has 1 aliphatic heterocycles. The maximum absolute atomic E-state index is 5.73. The van der Waals surface area contributed by atoms with Crippen LogP contribution in [0.25, 0.3) is 11.0 Å². The van der Waals surface area contributed by atoms with E-state index in [2.05, 4.69) is 15.3 Å². The zero-order valence-corrected chi connectivity index (χ0v) is 11.3. The standard InChI is InChI=1S/C14H20N4O/c1-18-10-17-13-12(18)6-8-16-14(13)15-7-5-11-4-2-3-9-19-11/h6,8,10-11H,2-5,7,9H2,1H3,(H,15,16). The molecule has 1 fully saturated rings. The van der Waals surface area contributed by atoms with E-state index in [-0.39, 0.29) is 0 Å². The number of nitrogens with zero attached hydrogens (tertiary/aromatic N) is 3. The number of aromatic nitrogens is 3. The van der Waals surface area contributed by atoms with Crippen molar-refractivity contribution in [1.82, 2.24) is 14.5 Å². The Morgan fingerprint density at radius 3 is 3.21 bits per heavy atom. The largest absolute Gasteiger partial charge is 0.378 e. The predicted molar refractivity (Wildman–Crippen MR) is 75.2 cm³/mol. The summed E-state index contributed by atoms with van der Waals surface area (Å²) in [5.74, 6) is 0.869. The van der Waals surface area contributed by atoms with E-state index in [1.807, 2.05) is 30.2 Å². The number of anilines is 1. The van der Waals surface area contributed by atoms with E-state index >= 15 is 0 Å². The number of nitrogens with one attached hydrogen (secondary N) is 1. The van der Waals surface area contributed by atoms with Crippen LogP contribution < -0.4 is 5.32 Å². The van der Waals surface area contributed by atoms with Gasteiger partial charge in [-0.25, -0.2) is 9.97 Å². The van der Waals surface area contributed by atoms with E-state index in [4.69, 9.17) is 4.74 Å². The quantitative estimate of drug-likeness (QED) is 0.916. The van der Waals surface area contributed by atoms with Crippen molar-refractivity contribution in [2.45, 2.75) is 31.8 Å². The summed E-state index contributed by atoms with van der Waals surface area (Å²) in [6, 6.07) is 1.98. The van der Waals surface area contributed by atoms with Gasteiger partial charge >= 0.3 is 0 Å². The van der Waals surface area contributed by atoms with Gasteiger partial charge in [0.25, 0.3) is 0 Å². The molecule has 1 aliphatic rings. The first-order valence-electron chi connectivity index (χ1n) is 6.96. The monoisotopic (exact) mass is 260 g/mol. The molecule has 2 aromatic heterocycles. The molecule has 5 nitrogen and oxygen atoms in total. The van der Waals surface area contributed by atoms with Gasteiger partial charge in [-0.1, -0.05) is 0 Å². The summed E-state index contributed by atoms with van der Waals surface area (Å²) < 4.78 is 7.73. The van der Waals surface area contributed by atoms with Crippen molar-refractivity contribution in [2.24, 2.45) is 7.05 Å². The van der Waals surface area contributed by atoms with Crippen molar-refractivity contribution in [3.63, 3.8) is 0 Å². The third-order valence-corrected chi connectivity index (χ3v) is 3.68. The molecule has 0 bridgehead atoms. The highest BCUT2D eigenvalue weighted by molar-refractivity contribution is 5.85. The van der Waals surface area contributed by atoms with Gasteiger partial charge in [-0.2, -0.15) is 0 Å². The molecule has 0 radical (unpaired) electrons. The summed E-state index contributed by atoms with van der Waals surface area (Å²) in [7, 11) is 2.00. The van der Waals surface area contributed by atoms with Gasteiger partial charge in [0.15, 0.2) is 5.82 Å². The molecule has 102 valence electrons. The van der Waals surface area contributed by atoms with Gasteiger partial charge < -0.3 is 14.6 Å². The molecule has 19 heavy (non-hydrogen) atoms. The van der Waals surface area contributed by atoms with Gasteiger partial charge in [0.05, 0.1) is 17.9 Å². The van der Waals surface area contributed by atoms with Crippen LogP contribution in [0.4, 0.5) is 5.82 Å². The first-order chi connectivity index (χ1) is 9.34. The summed E-state index contributed by atoms with van der Waals surface area (Å²) in [6.07, 6.45) is 8.76. The van der Waals surface area contributed by atoms with Crippen LogP contribution in [0.5, 0.6) is 0 Å². The van der Waals surface area contributed by atoms with Crippen molar-refractivity contribution in [1.29, 1.82) is 0 Å². The molecule has 1 saturated heterocycles. The first-order valence-corrected chi connectivity index (χ1v) is 6.96. The van der Waals surface area contributed by atoms with E-state index in [1.165, 1.54) is 19.3 Å². The Morgan fingerprint density at radius 1 is 1.42 bits per heavy atom. The fourth-order valence-corrected chi connectivity index (χ4v) is 2.58. The smallest absolute Gasteiger partial charge is 0.154 e. The van der Waals surface area contributed by atoms with Crippen molar-refractivity contribution < 1.29 is 4.74 Å². The topological polar surface area (TPSA) is 52.0 Å². The van der Waals surface area contributed by atoms with Crippen LogP contribution in [0.15, 0.2) is 18.6 Å². The minimum atomic E-state index is 0.407. The van der Waals surface area contributed by atoms with Crippen molar-refractivity contribution >= 4 is 16.9 Å². The molecule has 1 atom stereocenters. The van der Waals surface area contributed by atoms with E-state index in [0.717, 1.165) is 36.4 Å². The molecule has 5 heteroatoms. The minimum Gasteiger partial charge on any atom is -0.378 e. The van der Waals surface area contributed by atoms with Crippen LogP contribution in [0.2, 0.25) is 0 Å².